The molecule has 0 aliphatic carbocycles. The Morgan fingerprint density at radius 1 is 0.705 bits per heavy atom. The second-order valence-corrected chi connectivity index (χ2v) is 11.4. The van der Waals surface area contributed by atoms with E-state index in [0.717, 1.165) is 44.9 Å². The zero-order chi connectivity index (χ0) is 32.9. The lowest BCUT2D eigenvalue weighted by atomic mass is 10.1. The average Bonchev–Trinajstić information content (AvgIpc) is 2.96. The van der Waals surface area contributed by atoms with Gasteiger partial charge in [-0.25, -0.2) is 4.79 Å². The molecule has 0 spiro atoms. The minimum atomic E-state index is -0.896. The van der Waals surface area contributed by atoms with E-state index in [2.05, 4.69) is 38.2 Å². The number of aliphatic carboxylic acids is 1. The number of hydrogen-bond donors (Lipinski definition) is 1. The summed E-state index contributed by atoms with van der Waals surface area (Å²) in [5.74, 6) is -1.63. The maximum absolute atomic E-state index is 12.4. The third kappa shape index (κ3) is 25.3. The van der Waals surface area contributed by atoms with Crippen molar-refractivity contribution in [3.05, 3.63) is 72.9 Å². The van der Waals surface area contributed by atoms with Crippen molar-refractivity contribution in [2.45, 2.75) is 96.6 Å². The first-order chi connectivity index (χ1) is 21.1. The zero-order valence-corrected chi connectivity index (χ0v) is 27.8. The summed E-state index contributed by atoms with van der Waals surface area (Å²) in [6.45, 7) is 4.28. The van der Waals surface area contributed by atoms with E-state index < -0.39 is 24.1 Å². The maximum atomic E-state index is 12.4. The van der Waals surface area contributed by atoms with Crippen molar-refractivity contribution in [1.29, 1.82) is 0 Å². The molecule has 0 fully saturated rings. The molecule has 0 amide bonds. The van der Waals surface area contributed by atoms with Gasteiger partial charge in [-0.05, 0) is 44.9 Å². The van der Waals surface area contributed by atoms with Gasteiger partial charge in [0, 0.05) is 19.3 Å². The number of quaternary nitrogens is 1. The summed E-state index contributed by atoms with van der Waals surface area (Å²) in [6.07, 6.45) is 31.4. The molecule has 0 aliphatic heterocycles. The van der Waals surface area contributed by atoms with E-state index in [-0.39, 0.29) is 36.7 Å². The molecule has 0 rings (SSSR count). The first kappa shape index (κ1) is 40.8. The third-order valence-electron chi connectivity index (χ3n) is 6.46. The molecule has 0 heterocycles. The number of nitrogens with zero attached hydrogens (tertiary/aromatic N) is 1. The molecule has 0 saturated heterocycles. The van der Waals surface area contributed by atoms with E-state index in [4.69, 9.17) is 14.2 Å². The van der Waals surface area contributed by atoms with Crippen molar-refractivity contribution in [3.8, 4) is 0 Å². The van der Waals surface area contributed by atoms with E-state index in [0.29, 0.717) is 19.3 Å². The lowest BCUT2D eigenvalue weighted by molar-refractivity contribution is -0.887. The fourth-order valence-electron chi connectivity index (χ4n) is 3.98. The van der Waals surface area contributed by atoms with Gasteiger partial charge in [-0.2, -0.15) is 0 Å². The molecule has 0 radical (unpaired) electrons. The number of carbonyl (C=O) groups is 3. The second-order valence-electron chi connectivity index (χ2n) is 11.4. The van der Waals surface area contributed by atoms with E-state index in [9.17, 15) is 19.5 Å². The fourth-order valence-corrected chi connectivity index (χ4v) is 3.98. The molecule has 1 N–H and O–H groups in total. The van der Waals surface area contributed by atoms with Crippen LogP contribution >= 0.6 is 0 Å². The summed E-state index contributed by atoms with van der Waals surface area (Å²) < 4.78 is 16.9. The van der Waals surface area contributed by atoms with Crippen LogP contribution < -0.4 is 0 Å². The normalized spacial score (nSPS) is 14.1. The topological polar surface area (TPSA) is 99.1 Å². The Morgan fingerprint density at radius 2 is 1.36 bits per heavy atom. The second kappa shape index (κ2) is 27.3. The standard InChI is InChI=1S/C36H57NO7/c1-6-8-10-12-14-15-16-17-18-19-21-22-24-26-34(38)43-31-32(30-42-29-28-33(36(40)41)37(3,4)5)44-35(39)27-25-23-20-13-11-9-7-2/h8-12,14-18,20,23,32-33H,6-7,13,19,21-22,24-31H2,1-5H3/p+1/b10-8+,11-9+,14-12+,16-15+,18-17+,23-20+. The Kier molecular flexibility index (Phi) is 25.3. The largest absolute Gasteiger partial charge is 0.477 e. The Bertz CT molecular complexity index is 954. The Labute approximate surface area is 266 Å². The van der Waals surface area contributed by atoms with Crippen LogP contribution in [0.3, 0.4) is 0 Å². The molecular weight excluding hydrogens is 558 g/mol. The van der Waals surface area contributed by atoms with E-state index in [1.54, 1.807) is 0 Å². The van der Waals surface area contributed by atoms with Gasteiger partial charge in [-0.1, -0.05) is 93.2 Å². The summed E-state index contributed by atoms with van der Waals surface area (Å²) in [6, 6.07) is -0.630. The number of unbranched alkanes of at least 4 members (excludes halogenated alkanes) is 3. The smallest absolute Gasteiger partial charge is 0.362 e. The van der Waals surface area contributed by atoms with Crippen molar-refractivity contribution < 1.29 is 38.2 Å². The monoisotopic (exact) mass is 616 g/mol. The van der Waals surface area contributed by atoms with Crippen LogP contribution in [0.2, 0.25) is 0 Å². The third-order valence-corrected chi connectivity index (χ3v) is 6.46. The Balaban J connectivity index is 4.60. The number of carboxylic acid groups (broad SMARTS) is 1. The molecule has 8 heteroatoms. The van der Waals surface area contributed by atoms with Crippen LogP contribution in [0.5, 0.6) is 0 Å². The maximum Gasteiger partial charge on any atom is 0.362 e. The van der Waals surface area contributed by atoms with Gasteiger partial charge in [0.15, 0.2) is 12.1 Å². The molecule has 2 unspecified atom stereocenters. The fraction of sp³-hybridized carbons (Fsp3) is 0.583. The molecular formula is C36H58NO7+. The molecule has 0 bridgehead atoms. The highest BCUT2D eigenvalue weighted by Crippen LogP contribution is 2.10. The quantitative estimate of drug-likeness (QED) is 0.0358. The van der Waals surface area contributed by atoms with Crippen LogP contribution in [0.1, 0.15) is 84.5 Å². The minimum absolute atomic E-state index is 0.0200. The minimum Gasteiger partial charge on any atom is -0.477 e. The van der Waals surface area contributed by atoms with E-state index in [1.165, 1.54) is 0 Å². The summed E-state index contributed by atoms with van der Waals surface area (Å²) in [4.78, 5) is 36.4. The van der Waals surface area contributed by atoms with Crippen molar-refractivity contribution in [1.82, 2.24) is 0 Å². The highest BCUT2D eigenvalue weighted by atomic mass is 16.6. The molecule has 0 aromatic heterocycles. The molecule has 0 aromatic rings. The van der Waals surface area contributed by atoms with Crippen LogP contribution in [0, 0.1) is 0 Å². The zero-order valence-electron chi connectivity index (χ0n) is 27.8. The van der Waals surface area contributed by atoms with Gasteiger partial charge in [0.2, 0.25) is 0 Å². The number of carboxylic acids is 1. The number of ether oxygens (including phenoxy) is 3. The molecule has 2 atom stereocenters. The van der Waals surface area contributed by atoms with Gasteiger partial charge in [0.1, 0.15) is 6.61 Å². The first-order valence-corrected chi connectivity index (χ1v) is 16.0. The molecule has 8 nitrogen and oxygen atoms in total. The lowest BCUT2D eigenvalue weighted by Crippen LogP contribution is -2.50. The van der Waals surface area contributed by atoms with Crippen molar-refractivity contribution in [2.24, 2.45) is 0 Å². The van der Waals surface area contributed by atoms with Crippen LogP contribution in [0.25, 0.3) is 0 Å². The van der Waals surface area contributed by atoms with Crippen LogP contribution in [0.4, 0.5) is 0 Å². The lowest BCUT2D eigenvalue weighted by Gasteiger charge is -2.31. The van der Waals surface area contributed by atoms with Gasteiger partial charge in [0.25, 0.3) is 0 Å². The SMILES string of the molecule is CC/C=C/C=C/C=C/C=C/CCCCCC(=O)OCC(COCCC(C(=O)O)[N+](C)(C)C)OC(=O)CC/C=C/C/C=C/CC. The molecule has 0 aliphatic rings. The summed E-state index contributed by atoms with van der Waals surface area (Å²) >= 11 is 0. The van der Waals surface area contributed by atoms with Gasteiger partial charge in [0.05, 0.1) is 34.4 Å². The van der Waals surface area contributed by atoms with Crippen LogP contribution in [0.15, 0.2) is 72.9 Å². The Morgan fingerprint density at radius 3 is 2.02 bits per heavy atom. The molecule has 44 heavy (non-hydrogen) atoms. The molecule has 248 valence electrons. The predicted molar refractivity (Wildman–Crippen MR) is 178 cm³/mol. The van der Waals surface area contributed by atoms with Crippen molar-refractivity contribution >= 4 is 17.9 Å². The highest BCUT2D eigenvalue weighted by Gasteiger charge is 2.31. The number of hydrogen-bond acceptors (Lipinski definition) is 6. The Hall–Kier alpha value is -3.23. The van der Waals surface area contributed by atoms with Gasteiger partial charge in [-0.15, -0.1) is 0 Å². The van der Waals surface area contributed by atoms with Crippen molar-refractivity contribution in [3.63, 3.8) is 0 Å². The summed E-state index contributed by atoms with van der Waals surface area (Å²) in [5, 5.41) is 9.52. The summed E-state index contributed by atoms with van der Waals surface area (Å²) in [7, 11) is 5.45. The highest BCUT2D eigenvalue weighted by molar-refractivity contribution is 5.72. The predicted octanol–water partition coefficient (Wildman–Crippen LogP) is 7.29. The first-order valence-electron chi connectivity index (χ1n) is 16.0. The van der Waals surface area contributed by atoms with Crippen molar-refractivity contribution in [2.75, 3.05) is 41.0 Å². The number of carbonyl (C=O) groups excluding carboxylic acids is 2. The van der Waals surface area contributed by atoms with Gasteiger partial charge >= 0.3 is 17.9 Å². The molecule has 0 aromatic carbocycles. The van der Waals surface area contributed by atoms with E-state index in [1.807, 2.05) is 69.8 Å². The average molecular weight is 617 g/mol. The molecule has 0 saturated carbocycles. The number of esters is 2. The van der Waals surface area contributed by atoms with Gasteiger partial charge in [-0.3, -0.25) is 9.59 Å². The van der Waals surface area contributed by atoms with Crippen LogP contribution in [-0.2, 0) is 28.6 Å². The van der Waals surface area contributed by atoms with Crippen LogP contribution in [-0.4, -0.2) is 80.6 Å². The summed E-state index contributed by atoms with van der Waals surface area (Å²) in [5.41, 5.74) is 0. The number of allylic oxidation sites excluding steroid dienone is 12. The number of likely N-dealkylation sites (N-methyl/N-ethyl adjacent to an activating group) is 1. The number of rotatable bonds is 26. The van der Waals surface area contributed by atoms with E-state index >= 15 is 0 Å². The van der Waals surface area contributed by atoms with Gasteiger partial charge < -0.3 is 23.8 Å².